The molecule has 0 spiro atoms. The molecule has 5 nitrogen and oxygen atoms in total. The Morgan fingerprint density at radius 2 is 2.00 bits per heavy atom. The molecule has 0 aromatic heterocycles. The minimum atomic E-state index is -0.873. The lowest BCUT2D eigenvalue weighted by Gasteiger charge is -2.23. The fraction of sp³-hybridized carbons (Fsp3) is 0.308. The first-order chi connectivity index (χ1) is 9.02. The zero-order valence-electron chi connectivity index (χ0n) is 10.4. The van der Waals surface area contributed by atoms with Crippen LogP contribution >= 0.6 is 15.9 Å². The SMILES string of the molecule is CC(CN)C1=NC(=O)C(c2ccc(Br)cc2)C(=O)N1. The van der Waals surface area contributed by atoms with Crippen molar-refractivity contribution in [1.29, 1.82) is 0 Å². The zero-order chi connectivity index (χ0) is 14.0. The maximum Gasteiger partial charge on any atom is 0.264 e. The molecule has 6 heteroatoms. The van der Waals surface area contributed by atoms with Crippen molar-refractivity contribution in [3.8, 4) is 0 Å². The molecule has 100 valence electrons. The Kier molecular flexibility index (Phi) is 4.11. The van der Waals surface area contributed by atoms with Gasteiger partial charge < -0.3 is 11.1 Å². The number of aliphatic imine (C=N–C) groups is 1. The molecule has 1 aliphatic rings. The van der Waals surface area contributed by atoms with Crippen molar-refractivity contribution in [2.24, 2.45) is 16.6 Å². The Labute approximate surface area is 119 Å². The second-order valence-corrected chi connectivity index (χ2v) is 5.36. The van der Waals surface area contributed by atoms with E-state index in [-0.39, 0.29) is 11.8 Å². The number of carbonyl (C=O) groups excluding carboxylic acids is 2. The van der Waals surface area contributed by atoms with E-state index in [0.29, 0.717) is 17.9 Å². The molecule has 2 amide bonds. The van der Waals surface area contributed by atoms with E-state index < -0.39 is 11.8 Å². The Morgan fingerprint density at radius 3 is 2.53 bits per heavy atom. The van der Waals surface area contributed by atoms with Crippen LogP contribution in [0.3, 0.4) is 0 Å². The largest absolute Gasteiger partial charge is 0.330 e. The molecule has 1 aliphatic heterocycles. The van der Waals surface area contributed by atoms with Crippen molar-refractivity contribution in [3.63, 3.8) is 0 Å². The number of rotatable bonds is 3. The molecule has 0 saturated carbocycles. The molecule has 1 heterocycles. The fourth-order valence-electron chi connectivity index (χ4n) is 1.82. The zero-order valence-corrected chi connectivity index (χ0v) is 12.0. The summed E-state index contributed by atoms with van der Waals surface area (Å²) < 4.78 is 0.890. The van der Waals surface area contributed by atoms with Gasteiger partial charge in [0.1, 0.15) is 11.8 Å². The summed E-state index contributed by atoms with van der Waals surface area (Å²) in [7, 11) is 0. The summed E-state index contributed by atoms with van der Waals surface area (Å²) in [4.78, 5) is 28.0. The summed E-state index contributed by atoms with van der Waals surface area (Å²) in [6.07, 6.45) is 0. The first-order valence-corrected chi connectivity index (χ1v) is 6.71. The van der Waals surface area contributed by atoms with E-state index >= 15 is 0 Å². The lowest BCUT2D eigenvalue weighted by atomic mass is 9.95. The van der Waals surface area contributed by atoms with Gasteiger partial charge in [0.15, 0.2) is 0 Å². The predicted molar refractivity (Wildman–Crippen MR) is 75.7 cm³/mol. The molecule has 1 aromatic carbocycles. The molecule has 0 radical (unpaired) electrons. The summed E-state index contributed by atoms with van der Waals surface area (Å²) >= 11 is 3.31. The van der Waals surface area contributed by atoms with Crippen LogP contribution in [0.5, 0.6) is 0 Å². The second kappa shape index (κ2) is 5.63. The van der Waals surface area contributed by atoms with Gasteiger partial charge in [-0.05, 0) is 17.7 Å². The van der Waals surface area contributed by atoms with E-state index in [1.54, 1.807) is 24.3 Å². The molecule has 2 atom stereocenters. The van der Waals surface area contributed by atoms with Crippen LogP contribution in [0.25, 0.3) is 0 Å². The van der Waals surface area contributed by atoms with Crippen molar-refractivity contribution in [2.75, 3.05) is 6.54 Å². The number of amides is 2. The topological polar surface area (TPSA) is 84.5 Å². The lowest BCUT2D eigenvalue weighted by molar-refractivity contribution is -0.129. The Hall–Kier alpha value is -1.53. The molecule has 2 unspecified atom stereocenters. The van der Waals surface area contributed by atoms with Crippen LogP contribution in [-0.2, 0) is 9.59 Å². The van der Waals surface area contributed by atoms with Gasteiger partial charge >= 0.3 is 0 Å². The van der Waals surface area contributed by atoms with Crippen LogP contribution in [0.4, 0.5) is 0 Å². The number of nitrogens with zero attached hydrogens (tertiary/aromatic N) is 1. The average molecular weight is 324 g/mol. The third-order valence-electron chi connectivity index (χ3n) is 3.01. The number of hydrogen-bond acceptors (Lipinski definition) is 3. The van der Waals surface area contributed by atoms with Crippen LogP contribution in [0.2, 0.25) is 0 Å². The van der Waals surface area contributed by atoms with E-state index in [2.05, 4.69) is 26.2 Å². The number of benzene rings is 1. The summed E-state index contributed by atoms with van der Waals surface area (Å²) in [5.74, 6) is -1.45. The summed E-state index contributed by atoms with van der Waals surface area (Å²) in [6, 6.07) is 7.05. The summed E-state index contributed by atoms with van der Waals surface area (Å²) in [5.41, 5.74) is 6.14. The van der Waals surface area contributed by atoms with Crippen molar-refractivity contribution >= 4 is 33.6 Å². The van der Waals surface area contributed by atoms with Gasteiger partial charge in [0.25, 0.3) is 5.91 Å². The molecule has 3 N–H and O–H groups in total. The summed E-state index contributed by atoms with van der Waals surface area (Å²) in [5, 5.41) is 2.66. The minimum absolute atomic E-state index is 0.140. The number of amidine groups is 1. The van der Waals surface area contributed by atoms with Crippen LogP contribution in [0.15, 0.2) is 33.7 Å². The molecule has 0 bridgehead atoms. The number of halogens is 1. The van der Waals surface area contributed by atoms with Gasteiger partial charge in [-0.3, -0.25) is 9.59 Å². The smallest absolute Gasteiger partial charge is 0.264 e. The van der Waals surface area contributed by atoms with E-state index in [9.17, 15) is 9.59 Å². The minimum Gasteiger partial charge on any atom is -0.330 e. The molecule has 19 heavy (non-hydrogen) atoms. The standard InChI is InChI=1S/C13H14BrN3O2/c1-7(6-15)11-16-12(18)10(13(19)17-11)8-2-4-9(14)5-3-8/h2-5,7,10H,6,15H2,1H3,(H,16,17,18,19). The predicted octanol–water partition coefficient (Wildman–Crippen LogP) is 1.18. The lowest BCUT2D eigenvalue weighted by Crippen LogP contribution is -2.46. The molecule has 0 aliphatic carbocycles. The quantitative estimate of drug-likeness (QED) is 0.819. The molecule has 0 saturated heterocycles. The number of carbonyl (C=O) groups is 2. The highest BCUT2D eigenvalue weighted by atomic mass is 79.9. The van der Waals surface area contributed by atoms with Crippen LogP contribution in [-0.4, -0.2) is 24.2 Å². The van der Waals surface area contributed by atoms with Crippen LogP contribution < -0.4 is 11.1 Å². The van der Waals surface area contributed by atoms with Crippen molar-refractivity contribution in [1.82, 2.24) is 5.32 Å². The van der Waals surface area contributed by atoms with E-state index in [1.807, 2.05) is 6.92 Å². The fourth-order valence-corrected chi connectivity index (χ4v) is 2.08. The molecular formula is C13H14BrN3O2. The highest BCUT2D eigenvalue weighted by Crippen LogP contribution is 2.23. The third kappa shape index (κ3) is 2.90. The first-order valence-electron chi connectivity index (χ1n) is 5.91. The Morgan fingerprint density at radius 1 is 1.37 bits per heavy atom. The molecule has 2 rings (SSSR count). The van der Waals surface area contributed by atoms with Crippen LogP contribution in [0.1, 0.15) is 18.4 Å². The maximum absolute atomic E-state index is 12.1. The monoisotopic (exact) mass is 323 g/mol. The average Bonchev–Trinajstić information content (AvgIpc) is 2.39. The summed E-state index contributed by atoms with van der Waals surface area (Å²) in [6.45, 7) is 2.14. The van der Waals surface area contributed by atoms with E-state index in [0.717, 1.165) is 4.47 Å². The maximum atomic E-state index is 12.1. The highest BCUT2D eigenvalue weighted by molar-refractivity contribution is 9.10. The van der Waals surface area contributed by atoms with Crippen molar-refractivity contribution < 1.29 is 9.59 Å². The van der Waals surface area contributed by atoms with Crippen LogP contribution in [0, 0.1) is 5.92 Å². The van der Waals surface area contributed by atoms with E-state index in [4.69, 9.17) is 5.73 Å². The Balaban J connectivity index is 2.30. The second-order valence-electron chi connectivity index (χ2n) is 4.45. The Bertz CT molecular complexity index is 539. The van der Waals surface area contributed by atoms with Gasteiger partial charge in [0.2, 0.25) is 5.91 Å². The molecule has 0 fully saturated rings. The first kappa shape index (κ1) is 13.9. The van der Waals surface area contributed by atoms with Gasteiger partial charge in [-0.2, -0.15) is 4.99 Å². The van der Waals surface area contributed by atoms with Gasteiger partial charge in [-0.1, -0.05) is 35.0 Å². The number of hydrogen-bond donors (Lipinski definition) is 2. The normalized spacial score (nSPS) is 20.8. The van der Waals surface area contributed by atoms with Gasteiger partial charge in [0, 0.05) is 16.9 Å². The molecule has 1 aromatic rings. The van der Waals surface area contributed by atoms with Crippen molar-refractivity contribution in [2.45, 2.75) is 12.8 Å². The van der Waals surface area contributed by atoms with Gasteiger partial charge in [0.05, 0.1) is 0 Å². The number of nitrogens with one attached hydrogen (secondary N) is 1. The number of nitrogens with two attached hydrogens (primary N) is 1. The van der Waals surface area contributed by atoms with Crippen molar-refractivity contribution in [3.05, 3.63) is 34.3 Å². The highest BCUT2D eigenvalue weighted by Gasteiger charge is 2.34. The molecular weight excluding hydrogens is 310 g/mol. The van der Waals surface area contributed by atoms with Gasteiger partial charge in [-0.25, -0.2) is 0 Å². The van der Waals surface area contributed by atoms with E-state index in [1.165, 1.54) is 0 Å². The third-order valence-corrected chi connectivity index (χ3v) is 3.54. The van der Waals surface area contributed by atoms with Gasteiger partial charge in [-0.15, -0.1) is 0 Å².